The summed E-state index contributed by atoms with van der Waals surface area (Å²) in [4.78, 5) is 29.4. The second kappa shape index (κ2) is 5.67. The van der Waals surface area contributed by atoms with Crippen LogP contribution in [0.15, 0.2) is 28.9 Å². The smallest absolute Gasteiger partial charge is 0.311 e. The maximum atomic E-state index is 12.9. The number of carbonyl (C=O) groups is 2. The summed E-state index contributed by atoms with van der Waals surface area (Å²) in [6.45, 7) is 4.55. The molecule has 1 unspecified atom stereocenters. The molecule has 1 aromatic carbocycles. The summed E-state index contributed by atoms with van der Waals surface area (Å²) in [5.41, 5.74) is 0.617. The molecule has 2 heterocycles. The zero-order valence-electron chi connectivity index (χ0n) is 13.1. The quantitative estimate of drug-likeness (QED) is 0.857. The number of H-pyrrole nitrogens is 1. The third-order valence-electron chi connectivity index (χ3n) is 5.00. The molecule has 1 fully saturated rings. The lowest BCUT2D eigenvalue weighted by molar-refractivity contribution is -0.150. The van der Waals surface area contributed by atoms with E-state index in [9.17, 15) is 14.7 Å². The molecule has 3 rings (SSSR count). The molecule has 1 saturated heterocycles. The van der Waals surface area contributed by atoms with E-state index in [2.05, 4.69) is 20.9 Å². The molecule has 0 spiro atoms. The van der Waals surface area contributed by atoms with Crippen LogP contribution in [-0.4, -0.2) is 40.0 Å². The Bertz CT molecular complexity index is 783. The van der Waals surface area contributed by atoms with Crippen LogP contribution in [0, 0.1) is 11.3 Å². The van der Waals surface area contributed by atoms with Crippen LogP contribution < -0.4 is 0 Å². The van der Waals surface area contributed by atoms with Gasteiger partial charge in [0.15, 0.2) is 0 Å². The Kier molecular flexibility index (Phi) is 3.96. The zero-order chi connectivity index (χ0) is 16.8. The van der Waals surface area contributed by atoms with Crippen LogP contribution in [-0.2, 0) is 4.79 Å². The lowest BCUT2D eigenvalue weighted by atomic mass is 9.76. The highest BCUT2D eigenvalue weighted by Gasteiger charge is 2.48. The fourth-order valence-electron chi connectivity index (χ4n) is 3.38. The number of carboxylic acids is 1. The molecule has 2 N–H and O–H groups in total. The van der Waals surface area contributed by atoms with Crippen LogP contribution in [0.3, 0.4) is 0 Å². The van der Waals surface area contributed by atoms with Crippen LogP contribution in [0.5, 0.6) is 0 Å². The highest BCUT2D eigenvalue weighted by atomic mass is 79.9. The lowest BCUT2D eigenvalue weighted by Crippen LogP contribution is -2.40. The van der Waals surface area contributed by atoms with Gasteiger partial charge in [-0.05, 0) is 24.5 Å². The maximum absolute atomic E-state index is 12.9. The molecule has 1 aliphatic rings. The average Bonchev–Trinajstić information content (AvgIpc) is 3.12. The van der Waals surface area contributed by atoms with Gasteiger partial charge >= 0.3 is 5.97 Å². The van der Waals surface area contributed by atoms with Gasteiger partial charge in [-0.1, -0.05) is 35.8 Å². The molecule has 6 heteroatoms. The third kappa shape index (κ3) is 2.45. The molecule has 0 bridgehead atoms. The van der Waals surface area contributed by atoms with E-state index < -0.39 is 11.4 Å². The van der Waals surface area contributed by atoms with Crippen LogP contribution in [0.4, 0.5) is 0 Å². The van der Waals surface area contributed by atoms with Crippen LogP contribution >= 0.6 is 15.9 Å². The number of carbonyl (C=O) groups excluding carboxylic acids is 1. The Morgan fingerprint density at radius 2 is 2.13 bits per heavy atom. The van der Waals surface area contributed by atoms with Crippen LogP contribution in [0.2, 0.25) is 0 Å². The van der Waals surface area contributed by atoms with Crippen molar-refractivity contribution in [2.75, 3.05) is 13.1 Å². The standard InChI is InChI=1S/C17H19BrN2O3/c1-10(2)17(16(22)23)6-7-20(9-17)15(21)11-8-19-13-5-3-4-12(18)14(11)13/h3-5,8,10,19H,6-7,9H2,1-2H3,(H,22,23). The first kappa shape index (κ1) is 16.1. The van der Waals surface area contributed by atoms with Crippen molar-refractivity contribution in [3.63, 3.8) is 0 Å². The van der Waals surface area contributed by atoms with Crippen molar-refractivity contribution in [1.82, 2.24) is 9.88 Å². The molecule has 23 heavy (non-hydrogen) atoms. The van der Waals surface area contributed by atoms with Gasteiger partial charge in [0.25, 0.3) is 5.91 Å². The number of aliphatic carboxylic acids is 1. The van der Waals surface area contributed by atoms with Crippen molar-refractivity contribution in [3.8, 4) is 0 Å². The number of carboxylic acid groups (broad SMARTS) is 1. The van der Waals surface area contributed by atoms with E-state index in [0.29, 0.717) is 18.5 Å². The summed E-state index contributed by atoms with van der Waals surface area (Å²) in [7, 11) is 0. The molecule has 0 saturated carbocycles. The Balaban J connectivity index is 1.94. The van der Waals surface area contributed by atoms with E-state index in [0.717, 1.165) is 15.4 Å². The molecule has 1 atom stereocenters. The van der Waals surface area contributed by atoms with Crippen molar-refractivity contribution in [3.05, 3.63) is 34.4 Å². The van der Waals surface area contributed by atoms with Gasteiger partial charge in [0, 0.05) is 34.7 Å². The summed E-state index contributed by atoms with van der Waals surface area (Å²) in [6.07, 6.45) is 2.20. The SMILES string of the molecule is CC(C)C1(C(=O)O)CCN(C(=O)c2c[nH]c3cccc(Br)c23)C1. The summed E-state index contributed by atoms with van der Waals surface area (Å²) < 4.78 is 0.854. The number of fused-ring (bicyclic) bond motifs is 1. The molecular weight excluding hydrogens is 360 g/mol. The van der Waals surface area contributed by atoms with Gasteiger partial charge in [-0.3, -0.25) is 9.59 Å². The lowest BCUT2D eigenvalue weighted by Gasteiger charge is -2.28. The number of aromatic nitrogens is 1. The Hall–Kier alpha value is -1.82. The predicted octanol–water partition coefficient (Wildman–Crippen LogP) is 3.50. The number of hydrogen-bond acceptors (Lipinski definition) is 2. The van der Waals surface area contributed by atoms with Crippen molar-refractivity contribution >= 4 is 38.7 Å². The molecule has 1 aromatic heterocycles. The van der Waals surface area contributed by atoms with Gasteiger partial charge in [0.2, 0.25) is 0 Å². The predicted molar refractivity (Wildman–Crippen MR) is 91.4 cm³/mol. The van der Waals surface area contributed by atoms with Crippen molar-refractivity contribution in [2.24, 2.45) is 11.3 Å². The monoisotopic (exact) mass is 378 g/mol. The maximum Gasteiger partial charge on any atom is 0.311 e. The fourth-order valence-corrected chi connectivity index (χ4v) is 3.96. The average molecular weight is 379 g/mol. The minimum atomic E-state index is -0.848. The van der Waals surface area contributed by atoms with Gasteiger partial charge in [-0.2, -0.15) is 0 Å². The Morgan fingerprint density at radius 3 is 2.74 bits per heavy atom. The number of rotatable bonds is 3. The summed E-state index contributed by atoms with van der Waals surface area (Å²) in [5.74, 6) is -0.956. The number of benzene rings is 1. The largest absolute Gasteiger partial charge is 0.481 e. The van der Waals surface area contributed by atoms with Gasteiger partial charge in [0.1, 0.15) is 0 Å². The summed E-state index contributed by atoms with van der Waals surface area (Å²) in [5, 5.41) is 10.5. The fraction of sp³-hybridized carbons (Fsp3) is 0.412. The molecule has 1 amide bonds. The highest BCUT2D eigenvalue weighted by Crippen LogP contribution is 2.39. The second-order valence-corrected chi connectivity index (χ2v) is 7.31. The van der Waals surface area contributed by atoms with Gasteiger partial charge in [-0.15, -0.1) is 0 Å². The molecule has 2 aromatic rings. The minimum Gasteiger partial charge on any atom is -0.481 e. The molecular formula is C17H19BrN2O3. The van der Waals surface area contributed by atoms with Crippen molar-refractivity contribution < 1.29 is 14.7 Å². The third-order valence-corrected chi connectivity index (χ3v) is 5.67. The number of hydrogen-bond donors (Lipinski definition) is 2. The van der Waals surface area contributed by atoms with Crippen molar-refractivity contribution in [2.45, 2.75) is 20.3 Å². The van der Waals surface area contributed by atoms with Crippen LogP contribution in [0.25, 0.3) is 10.9 Å². The zero-order valence-corrected chi connectivity index (χ0v) is 14.7. The number of nitrogens with one attached hydrogen (secondary N) is 1. The number of nitrogens with zero attached hydrogens (tertiary/aromatic N) is 1. The van der Waals surface area contributed by atoms with Gasteiger partial charge in [0.05, 0.1) is 11.0 Å². The second-order valence-electron chi connectivity index (χ2n) is 6.46. The van der Waals surface area contributed by atoms with E-state index in [1.807, 2.05) is 32.0 Å². The van der Waals surface area contributed by atoms with Gasteiger partial charge in [-0.25, -0.2) is 0 Å². The number of amides is 1. The first-order valence-corrected chi connectivity index (χ1v) is 8.44. The molecule has 122 valence electrons. The van der Waals surface area contributed by atoms with E-state index in [1.54, 1.807) is 11.1 Å². The highest BCUT2D eigenvalue weighted by molar-refractivity contribution is 9.10. The normalized spacial score (nSPS) is 21.3. The summed E-state index contributed by atoms with van der Waals surface area (Å²) in [6, 6.07) is 5.71. The first-order chi connectivity index (χ1) is 10.9. The topological polar surface area (TPSA) is 73.4 Å². The Labute approximate surface area is 142 Å². The van der Waals surface area contributed by atoms with Crippen molar-refractivity contribution in [1.29, 1.82) is 0 Å². The minimum absolute atomic E-state index is 0.0208. The van der Waals surface area contributed by atoms with E-state index in [-0.39, 0.29) is 18.4 Å². The molecule has 0 radical (unpaired) electrons. The van der Waals surface area contributed by atoms with E-state index in [4.69, 9.17) is 0 Å². The Morgan fingerprint density at radius 1 is 1.39 bits per heavy atom. The first-order valence-electron chi connectivity index (χ1n) is 7.65. The number of halogens is 1. The number of aromatic amines is 1. The van der Waals surface area contributed by atoms with Gasteiger partial charge < -0.3 is 15.0 Å². The van der Waals surface area contributed by atoms with E-state index >= 15 is 0 Å². The summed E-state index contributed by atoms with van der Waals surface area (Å²) >= 11 is 3.49. The van der Waals surface area contributed by atoms with E-state index in [1.165, 1.54) is 0 Å². The number of likely N-dealkylation sites (tertiary alicyclic amines) is 1. The molecule has 5 nitrogen and oxygen atoms in total. The molecule has 0 aliphatic carbocycles. The molecule has 1 aliphatic heterocycles. The van der Waals surface area contributed by atoms with Crippen LogP contribution in [0.1, 0.15) is 30.6 Å².